The minimum Gasteiger partial charge on any atom is -0.379 e. The van der Waals surface area contributed by atoms with Crippen LogP contribution in [0, 0.1) is 0 Å². The molecule has 2 atom stereocenters. The zero-order valence-electron chi connectivity index (χ0n) is 14.2. The van der Waals surface area contributed by atoms with Gasteiger partial charge < -0.3 is 15.8 Å². The number of benzene rings is 1. The van der Waals surface area contributed by atoms with Gasteiger partial charge in [0.2, 0.25) is 5.91 Å². The van der Waals surface area contributed by atoms with E-state index in [0.717, 1.165) is 17.7 Å². The molecule has 0 saturated carbocycles. The Labute approximate surface area is 145 Å². The van der Waals surface area contributed by atoms with Crippen molar-refractivity contribution in [3.8, 4) is 0 Å². The summed E-state index contributed by atoms with van der Waals surface area (Å²) in [7, 11) is 0. The van der Waals surface area contributed by atoms with Crippen molar-refractivity contribution >= 4 is 5.91 Å². The predicted molar refractivity (Wildman–Crippen MR) is 87.9 cm³/mol. The molecule has 5 nitrogen and oxygen atoms in total. The number of nitrogens with two attached hydrogens (primary N) is 1. The van der Waals surface area contributed by atoms with E-state index in [9.17, 15) is 18.0 Å². The number of alkyl halides is 3. The molecule has 1 saturated heterocycles. The van der Waals surface area contributed by atoms with Crippen molar-refractivity contribution in [2.75, 3.05) is 32.8 Å². The number of amides is 1. The highest BCUT2D eigenvalue weighted by atomic mass is 19.4. The van der Waals surface area contributed by atoms with Crippen LogP contribution >= 0.6 is 0 Å². The van der Waals surface area contributed by atoms with E-state index < -0.39 is 11.7 Å². The van der Waals surface area contributed by atoms with Crippen LogP contribution in [0.1, 0.15) is 30.5 Å². The highest BCUT2D eigenvalue weighted by Gasteiger charge is 2.31. The van der Waals surface area contributed by atoms with Crippen molar-refractivity contribution in [1.82, 2.24) is 10.2 Å². The largest absolute Gasteiger partial charge is 0.416 e. The molecule has 0 aromatic heterocycles. The second kappa shape index (κ2) is 8.64. The molecular weight excluding hydrogens is 335 g/mol. The van der Waals surface area contributed by atoms with Crippen molar-refractivity contribution < 1.29 is 22.7 Å². The summed E-state index contributed by atoms with van der Waals surface area (Å²) in [5.74, 6) is -0.167. The van der Waals surface area contributed by atoms with Crippen molar-refractivity contribution in [3.63, 3.8) is 0 Å². The molecule has 0 bridgehead atoms. The van der Waals surface area contributed by atoms with Gasteiger partial charge in [0.15, 0.2) is 0 Å². The van der Waals surface area contributed by atoms with E-state index in [4.69, 9.17) is 10.5 Å². The number of hydrogen-bond donors (Lipinski definition) is 2. The number of nitrogens with zero attached hydrogens (tertiary/aromatic N) is 1. The summed E-state index contributed by atoms with van der Waals surface area (Å²) in [6.45, 7) is 4.51. The zero-order chi connectivity index (χ0) is 18.4. The Morgan fingerprint density at radius 1 is 1.28 bits per heavy atom. The van der Waals surface area contributed by atoms with Crippen molar-refractivity contribution in [1.29, 1.82) is 0 Å². The van der Waals surface area contributed by atoms with Gasteiger partial charge in [0.05, 0.1) is 24.8 Å². The van der Waals surface area contributed by atoms with Gasteiger partial charge in [-0.15, -0.1) is 0 Å². The lowest BCUT2D eigenvalue weighted by Crippen LogP contribution is -2.44. The number of morpholine rings is 1. The molecule has 1 heterocycles. The van der Waals surface area contributed by atoms with Crippen LogP contribution in [-0.4, -0.2) is 49.7 Å². The van der Waals surface area contributed by atoms with Crippen molar-refractivity contribution in [3.05, 3.63) is 35.4 Å². The van der Waals surface area contributed by atoms with Gasteiger partial charge in [0, 0.05) is 32.1 Å². The quantitative estimate of drug-likeness (QED) is 0.815. The molecule has 3 N–H and O–H groups in total. The lowest BCUT2D eigenvalue weighted by Gasteiger charge is -2.35. The van der Waals surface area contributed by atoms with Crippen LogP contribution in [0.3, 0.4) is 0 Å². The smallest absolute Gasteiger partial charge is 0.379 e. The number of nitrogens with one attached hydrogen (secondary N) is 1. The van der Waals surface area contributed by atoms with Crippen molar-refractivity contribution in [2.45, 2.75) is 31.6 Å². The first-order valence-corrected chi connectivity index (χ1v) is 8.28. The molecule has 1 aliphatic rings. The topological polar surface area (TPSA) is 67.6 Å². The van der Waals surface area contributed by atoms with E-state index in [1.54, 1.807) is 6.92 Å². The first kappa shape index (κ1) is 19.7. The Kier molecular flexibility index (Phi) is 6.80. The zero-order valence-corrected chi connectivity index (χ0v) is 14.2. The van der Waals surface area contributed by atoms with Gasteiger partial charge in [-0.1, -0.05) is 12.1 Å². The molecule has 1 aliphatic heterocycles. The molecule has 8 heteroatoms. The Hall–Kier alpha value is -1.64. The fraction of sp³-hybridized carbons (Fsp3) is 0.588. The molecule has 140 valence electrons. The Balaban J connectivity index is 2.12. The second-order valence-corrected chi connectivity index (χ2v) is 6.27. The van der Waals surface area contributed by atoms with Crippen LogP contribution in [0.5, 0.6) is 0 Å². The van der Waals surface area contributed by atoms with Crippen LogP contribution in [0.2, 0.25) is 0 Å². The van der Waals surface area contributed by atoms with E-state index >= 15 is 0 Å². The van der Waals surface area contributed by atoms with Gasteiger partial charge in [-0.25, -0.2) is 0 Å². The fourth-order valence-electron chi connectivity index (χ4n) is 2.82. The molecular formula is C17H24F3N3O2. The molecule has 0 spiro atoms. The third-order valence-corrected chi connectivity index (χ3v) is 4.11. The van der Waals surface area contributed by atoms with Crippen LogP contribution in [0.25, 0.3) is 0 Å². The number of ether oxygens (including phenoxy) is 1. The number of carbonyl (C=O) groups excluding carboxylic acids is 1. The molecule has 1 amide bonds. The summed E-state index contributed by atoms with van der Waals surface area (Å²) in [5.41, 5.74) is 5.67. The van der Waals surface area contributed by atoms with Gasteiger partial charge in [-0.2, -0.15) is 13.2 Å². The summed E-state index contributed by atoms with van der Waals surface area (Å²) < 4.78 is 43.6. The Bertz CT molecular complexity index is 555. The summed E-state index contributed by atoms with van der Waals surface area (Å²) in [6, 6.07) is 4.65. The Morgan fingerprint density at radius 3 is 2.40 bits per heavy atom. The van der Waals surface area contributed by atoms with Crippen LogP contribution < -0.4 is 11.1 Å². The predicted octanol–water partition coefficient (Wildman–Crippen LogP) is 1.93. The maximum atomic E-state index is 12.8. The third kappa shape index (κ3) is 5.98. The van der Waals surface area contributed by atoms with E-state index in [1.807, 2.05) is 0 Å². The summed E-state index contributed by atoms with van der Waals surface area (Å²) >= 11 is 0. The second-order valence-electron chi connectivity index (χ2n) is 6.27. The average molecular weight is 359 g/mol. The van der Waals surface area contributed by atoms with Gasteiger partial charge in [0.25, 0.3) is 0 Å². The minimum atomic E-state index is -4.36. The van der Waals surface area contributed by atoms with Crippen molar-refractivity contribution in [2.24, 2.45) is 5.73 Å². The molecule has 2 rings (SSSR count). The maximum Gasteiger partial charge on any atom is 0.416 e. The highest BCUT2D eigenvalue weighted by Crippen LogP contribution is 2.31. The lowest BCUT2D eigenvalue weighted by atomic mass is 10.0. The van der Waals surface area contributed by atoms with Gasteiger partial charge >= 0.3 is 6.18 Å². The van der Waals surface area contributed by atoms with E-state index in [-0.39, 0.29) is 24.4 Å². The normalized spacial score (nSPS) is 18.6. The van der Waals surface area contributed by atoms with Gasteiger partial charge in [-0.05, 0) is 24.6 Å². The first-order valence-electron chi connectivity index (χ1n) is 8.28. The highest BCUT2D eigenvalue weighted by molar-refractivity contribution is 5.76. The Morgan fingerprint density at radius 2 is 1.88 bits per heavy atom. The third-order valence-electron chi connectivity index (χ3n) is 4.11. The van der Waals surface area contributed by atoms with Crippen LogP contribution in [-0.2, 0) is 15.7 Å². The van der Waals surface area contributed by atoms with Crippen LogP contribution in [0.4, 0.5) is 13.2 Å². The van der Waals surface area contributed by atoms with E-state index in [1.165, 1.54) is 12.1 Å². The summed E-state index contributed by atoms with van der Waals surface area (Å²) in [4.78, 5) is 14.0. The van der Waals surface area contributed by atoms with Gasteiger partial charge in [-0.3, -0.25) is 9.69 Å². The molecule has 1 aromatic rings. The molecule has 1 fully saturated rings. The monoisotopic (exact) mass is 359 g/mol. The number of halogens is 3. The molecule has 0 aliphatic carbocycles. The average Bonchev–Trinajstić information content (AvgIpc) is 2.55. The van der Waals surface area contributed by atoms with Gasteiger partial charge in [0.1, 0.15) is 0 Å². The number of carbonyl (C=O) groups is 1. The molecule has 1 aromatic carbocycles. The summed E-state index contributed by atoms with van der Waals surface area (Å²) in [6.07, 6.45) is -4.15. The van der Waals surface area contributed by atoms with Crippen LogP contribution in [0.15, 0.2) is 24.3 Å². The molecule has 2 unspecified atom stereocenters. The fourth-order valence-corrected chi connectivity index (χ4v) is 2.82. The summed E-state index contributed by atoms with van der Waals surface area (Å²) in [5, 5.41) is 2.83. The lowest BCUT2D eigenvalue weighted by molar-refractivity contribution is -0.137. The van der Waals surface area contributed by atoms with E-state index in [2.05, 4.69) is 10.2 Å². The van der Waals surface area contributed by atoms with E-state index in [0.29, 0.717) is 32.8 Å². The number of rotatable bonds is 6. The SMILES string of the molecule is CC(N)CC(=O)NCC(c1ccc(C(F)(F)F)cc1)N1CCOCC1. The molecule has 0 radical (unpaired) electrons. The number of hydrogen-bond acceptors (Lipinski definition) is 4. The maximum absolute atomic E-state index is 12.8. The first-order chi connectivity index (χ1) is 11.8. The standard InChI is InChI=1S/C17H24F3N3O2/c1-12(21)10-16(24)22-11-15(23-6-8-25-9-7-23)13-2-4-14(5-3-13)17(18,19)20/h2-5,12,15H,6-11,21H2,1H3,(H,22,24). The molecule has 25 heavy (non-hydrogen) atoms. The minimum absolute atomic E-state index is 0.167.